The number of amides is 1. The maximum Gasteiger partial charge on any atom is 0.239 e. The minimum Gasteiger partial charge on any atom is -0.361 e. The zero-order valence-corrected chi connectivity index (χ0v) is 13.1. The Morgan fingerprint density at radius 2 is 2.05 bits per heavy atom. The molecule has 0 atom stereocenters. The van der Waals surface area contributed by atoms with Crippen LogP contribution in [-0.2, 0) is 11.3 Å². The van der Waals surface area contributed by atoms with Crippen LogP contribution in [0.25, 0.3) is 0 Å². The molecule has 0 saturated heterocycles. The van der Waals surface area contributed by atoms with Crippen molar-refractivity contribution in [2.75, 3.05) is 31.1 Å². The lowest BCUT2D eigenvalue weighted by Gasteiger charge is -2.23. The van der Waals surface area contributed by atoms with Crippen molar-refractivity contribution in [2.24, 2.45) is 0 Å². The standard InChI is InChI=1S/C16H24N4O/c1-4-18-11-13-7-8-15(14(9-13)10-17)20(6-3)12-16(21)19-5-2/h7-9,18H,4-6,11-12H2,1-3H3,(H,19,21). The highest BCUT2D eigenvalue weighted by atomic mass is 16.2. The van der Waals surface area contributed by atoms with Crippen LogP contribution in [-0.4, -0.2) is 32.1 Å². The molecular weight excluding hydrogens is 264 g/mol. The monoisotopic (exact) mass is 288 g/mol. The normalized spacial score (nSPS) is 10.0. The molecule has 2 N–H and O–H groups in total. The first kappa shape index (κ1) is 17.0. The molecule has 1 rings (SSSR count). The number of hydrogen-bond donors (Lipinski definition) is 2. The van der Waals surface area contributed by atoms with Crippen molar-refractivity contribution in [3.8, 4) is 6.07 Å². The summed E-state index contributed by atoms with van der Waals surface area (Å²) in [7, 11) is 0. The van der Waals surface area contributed by atoms with Gasteiger partial charge in [-0.2, -0.15) is 5.26 Å². The summed E-state index contributed by atoms with van der Waals surface area (Å²) in [4.78, 5) is 13.7. The van der Waals surface area contributed by atoms with Gasteiger partial charge in [0, 0.05) is 19.6 Å². The van der Waals surface area contributed by atoms with Gasteiger partial charge < -0.3 is 15.5 Å². The fourth-order valence-corrected chi connectivity index (χ4v) is 2.12. The third-order valence-electron chi connectivity index (χ3n) is 3.19. The lowest BCUT2D eigenvalue weighted by molar-refractivity contribution is -0.119. The van der Waals surface area contributed by atoms with Gasteiger partial charge in [-0.3, -0.25) is 4.79 Å². The van der Waals surface area contributed by atoms with Crippen molar-refractivity contribution in [2.45, 2.75) is 27.3 Å². The molecular formula is C16H24N4O. The number of rotatable bonds is 8. The molecule has 0 fully saturated rings. The highest BCUT2D eigenvalue weighted by molar-refractivity contribution is 5.82. The van der Waals surface area contributed by atoms with Crippen molar-refractivity contribution in [1.82, 2.24) is 10.6 Å². The van der Waals surface area contributed by atoms with E-state index in [1.165, 1.54) is 0 Å². The second-order valence-electron chi connectivity index (χ2n) is 4.71. The molecule has 114 valence electrons. The molecule has 0 heterocycles. The number of anilines is 1. The van der Waals surface area contributed by atoms with Gasteiger partial charge in [-0.25, -0.2) is 0 Å². The Kier molecular flexibility index (Phi) is 7.27. The van der Waals surface area contributed by atoms with Gasteiger partial charge in [0.25, 0.3) is 0 Å². The van der Waals surface area contributed by atoms with Crippen LogP contribution in [0.4, 0.5) is 5.69 Å². The van der Waals surface area contributed by atoms with E-state index >= 15 is 0 Å². The topological polar surface area (TPSA) is 68.2 Å². The van der Waals surface area contributed by atoms with E-state index < -0.39 is 0 Å². The molecule has 0 radical (unpaired) electrons. The fourth-order valence-electron chi connectivity index (χ4n) is 2.12. The van der Waals surface area contributed by atoms with Crippen LogP contribution < -0.4 is 15.5 Å². The van der Waals surface area contributed by atoms with Crippen molar-refractivity contribution in [3.05, 3.63) is 29.3 Å². The van der Waals surface area contributed by atoms with Crippen LogP contribution in [0.1, 0.15) is 31.9 Å². The van der Waals surface area contributed by atoms with E-state index in [-0.39, 0.29) is 12.5 Å². The maximum atomic E-state index is 11.7. The SMILES string of the molecule is CCNCc1ccc(N(CC)CC(=O)NCC)c(C#N)c1. The summed E-state index contributed by atoms with van der Waals surface area (Å²) in [5.41, 5.74) is 2.49. The summed E-state index contributed by atoms with van der Waals surface area (Å²) in [5, 5.41) is 15.4. The average molecular weight is 288 g/mol. The van der Waals surface area contributed by atoms with Crippen LogP contribution in [0.3, 0.4) is 0 Å². The number of likely N-dealkylation sites (N-methyl/N-ethyl adjacent to an activating group) is 2. The molecule has 0 spiro atoms. The molecule has 0 aromatic heterocycles. The van der Waals surface area contributed by atoms with Gasteiger partial charge in [0.05, 0.1) is 17.8 Å². The second-order valence-corrected chi connectivity index (χ2v) is 4.71. The van der Waals surface area contributed by atoms with Gasteiger partial charge in [0.1, 0.15) is 6.07 Å². The summed E-state index contributed by atoms with van der Waals surface area (Å²) < 4.78 is 0. The summed E-state index contributed by atoms with van der Waals surface area (Å²) in [5.74, 6) is -0.0278. The summed E-state index contributed by atoms with van der Waals surface area (Å²) in [6, 6.07) is 8.04. The highest BCUT2D eigenvalue weighted by Crippen LogP contribution is 2.21. The Bertz CT molecular complexity index is 507. The third-order valence-corrected chi connectivity index (χ3v) is 3.19. The highest BCUT2D eigenvalue weighted by Gasteiger charge is 2.13. The maximum absolute atomic E-state index is 11.7. The lowest BCUT2D eigenvalue weighted by Crippen LogP contribution is -2.37. The van der Waals surface area contributed by atoms with E-state index in [4.69, 9.17) is 0 Å². The zero-order chi connectivity index (χ0) is 15.7. The molecule has 0 saturated carbocycles. The first-order valence-corrected chi connectivity index (χ1v) is 7.41. The van der Waals surface area contributed by atoms with E-state index in [1.807, 2.05) is 43.9 Å². The Hall–Kier alpha value is -2.06. The molecule has 0 bridgehead atoms. The van der Waals surface area contributed by atoms with E-state index in [9.17, 15) is 10.1 Å². The van der Waals surface area contributed by atoms with Gasteiger partial charge in [-0.05, 0) is 38.1 Å². The smallest absolute Gasteiger partial charge is 0.239 e. The number of hydrogen-bond acceptors (Lipinski definition) is 4. The van der Waals surface area contributed by atoms with Crippen LogP contribution >= 0.6 is 0 Å². The van der Waals surface area contributed by atoms with Crippen molar-refractivity contribution >= 4 is 11.6 Å². The quantitative estimate of drug-likeness (QED) is 0.763. The van der Waals surface area contributed by atoms with E-state index in [2.05, 4.69) is 16.7 Å². The van der Waals surface area contributed by atoms with Crippen LogP contribution in [0.15, 0.2) is 18.2 Å². The fraction of sp³-hybridized carbons (Fsp3) is 0.500. The van der Waals surface area contributed by atoms with Gasteiger partial charge in [0.15, 0.2) is 0 Å². The van der Waals surface area contributed by atoms with Crippen molar-refractivity contribution in [1.29, 1.82) is 5.26 Å². The van der Waals surface area contributed by atoms with Gasteiger partial charge in [0.2, 0.25) is 5.91 Å². The zero-order valence-electron chi connectivity index (χ0n) is 13.1. The minimum atomic E-state index is -0.0278. The number of nitrogens with one attached hydrogen (secondary N) is 2. The van der Waals surface area contributed by atoms with E-state index in [0.717, 1.165) is 24.3 Å². The summed E-state index contributed by atoms with van der Waals surface area (Å²) in [6.45, 7) is 9.12. The Balaban J connectivity index is 2.93. The van der Waals surface area contributed by atoms with E-state index in [1.54, 1.807) is 0 Å². The number of carbonyl (C=O) groups is 1. The first-order valence-electron chi connectivity index (χ1n) is 7.41. The molecule has 21 heavy (non-hydrogen) atoms. The molecule has 1 amide bonds. The van der Waals surface area contributed by atoms with Gasteiger partial charge in [-0.1, -0.05) is 13.0 Å². The van der Waals surface area contributed by atoms with Crippen LogP contribution in [0.2, 0.25) is 0 Å². The molecule has 1 aromatic carbocycles. The van der Waals surface area contributed by atoms with E-state index in [0.29, 0.717) is 18.7 Å². The number of nitrogens with zero attached hydrogens (tertiary/aromatic N) is 2. The Morgan fingerprint density at radius 1 is 1.29 bits per heavy atom. The number of benzene rings is 1. The lowest BCUT2D eigenvalue weighted by atomic mass is 10.1. The first-order chi connectivity index (χ1) is 10.2. The van der Waals surface area contributed by atoms with Gasteiger partial charge in [-0.15, -0.1) is 0 Å². The summed E-state index contributed by atoms with van der Waals surface area (Å²) in [6.07, 6.45) is 0. The molecule has 0 aliphatic carbocycles. The van der Waals surface area contributed by atoms with Crippen molar-refractivity contribution in [3.63, 3.8) is 0 Å². The predicted octanol–water partition coefficient (Wildman–Crippen LogP) is 1.63. The van der Waals surface area contributed by atoms with Crippen molar-refractivity contribution < 1.29 is 4.79 Å². The largest absolute Gasteiger partial charge is 0.361 e. The van der Waals surface area contributed by atoms with Crippen LogP contribution in [0.5, 0.6) is 0 Å². The number of nitriles is 1. The molecule has 5 nitrogen and oxygen atoms in total. The van der Waals surface area contributed by atoms with Gasteiger partial charge >= 0.3 is 0 Å². The van der Waals surface area contributed by atoms with Crippen LogP contribution in [0, 0.1) is 11.3 Å². The molecule has 0 unspecified atom stereocenters. The predicted molar refractivity (Wildman–Crippen MR) is 85.1 cm³/mol. The second kappa shape index (κ2) is 8.98. The molecule has 5 heteroatoms. The average Bonchev–Trinajstić information content (AvgIpc) is 2.50. The third kappa shape index (κ3) is 5.09. The summed E-state index contributed by atoms with van der Waals surface area (Å²) >= 11 is 0. The minimum absolute atomic E-state index is 0.0278. The molecule has 0 aliphatic rings. The number of carbonyl (C=O) groups excluding carboxylic acids is 1. The molecule has 1 aromatic rings. The Morgan fingerprint density at radius 3 is 2.62 bits per heavy atom. The molecule has 0 aliphatic heterocycles. The Labute approximate surface area is 126 Å².